The molecule has 1 atom stereocenters. The molecule has 1 unspecified atom stereocenters. The minimum atomic E-state index is -0.221. The Morgan fingerprint density at radius 2 is 2.13 bits per heavy atom. The molecule has 0 aliphatic carbocycles. The van der Waals surface area contributed by atoms with E-state index in [1.165, 1.54) is 4.88 Å². The first kappa shape index (κ1) is 12.6. The van der Waals surface area contributed by atoms with Crippen LogP contribution in [0.25, 0.3) is 0 Å². The van der Waals surface area contributed by atoms with Gasteiger partial charge in [-0.2, -0.15) is 0 Å². The average Bonchev–Trinajstić information content (AvgIpc) is 2.46. The first-order valence-corrected chi connectivity index (χ1v) is 6.06. The molecular weight excluding hydrogens is 208 g/mol. The molecule has 2 N–H and O–H groups in total. The molecule has 4 heteroatoms. The zero-order valence-corrected chi connectivity index (χ0v) is 10.8. The fourth-order valence-electron chi connectivity index (χ4n) is 1.07. The van der Waals surface area contributed by atoms with Gasteiger partial charge in [0.1, 0.15) is 5.01 Å². The zero-order valence-electron chi connectivity index (χ0n) is 9.96. The second-order valence-electron chi connectivity index (χ2n) is 4.25. The van der Waals surface area contributed by atoms with Crippen molar-refractivity contribution in [2.24, 2.45) is 5.73 Å². The molecule has 0 spiro atoms. The number of hydrogen-bond acceptors (Lipinski definition) is 4. The Bertz CT molecular complexity index is 301. The third-order valence-corrected chi connectivity index (χ3v) is 3.58. The summed E-state index contributed by atoms with van der Waals surface area (Å²) in [6.45, 7) is 9.34. The third-order valence-electron chi connectivity index (χ3n) is 2.54. The highest BCUT2D eigenvalue weighted by Crippen LogP contribution is 2.17. The lowest BCUT2D eigenvalue weighted by molar-refractivity contribution is 0.0776. The summed E-state index contributed by atoms with van der Waals surface area (Å²) in [5.41, 5.74) is 6.85. The highest BCUT2D eigenvalue weighted by molar-refractivity contribution is 7.11. The maximum absolute atomic E-state index is 5.97. The summed E-state index contributed by atoms with van der Waals surface area (Å²) in [6, 6.07) is 0. The molecule has 0 aliphatic heterocycles. The van der Waals surface area contributed by atoms with Gasteiger partial charge in [0, 0.05) is 10.4 Å². The van der Waals surface area contributed by atoms with E-state index in [2.05, 4.69) is 18.8 Å². The molecular formula is C11H20N2OS. The van der Waals surface area contributed by atoms with Crippen molar-refractivity contribution in [2.45, 2.75) is 46.3 Å². The Morgan fingerprint density at radius 1 is 1.47 bits per heavy atom. The minimum absolute atomic E-state index is 0.221. The predicted octanol–water partition coefficient (Wildman–Crippen LogP) is 2.40. The Hall–Kier alpha value is -0.450. The lowest BCUT2D eigenvalue weighted by Gasteiger charge is -2.21. The van der Waals surface area contributed by atoms with E-state index in [9.17, 15) is 0 Å². The number of nitrogens with two attached hydrogens (primary N) is 1. The maximum atomic E-state index is 5.97. The molecule has 0 fully saturated rings. The molecule has 15 heavy (non-hydrogen) atoms. The molecule has 0 amide bonds. The predicted molar refractivity (Wildman–Crippen MR) is 64.1 cm³/mol. The van der Waals surface area contributed by atoms with Crippen molar-refractivity contribution >= 4 is 11.3 Å². The van der Waals surface area contributed by atoms with Crippen molar-refractivity contribution in [1.82, 2.24) is 4.98 Å². The van der Waals surface area contributed by atoms with Crippen LogP contribution in [0.15, 0.2) is 0 Å². The van der Waals surface area contributed by atoms with Gasteiger partial charge in [-0.15, -0.1) is 11.3 Å². The van der Waals surface area contributed by atoms with Crippen molar-refractivity contribution < 1.29 is 4.74 Å². The van der Waals surface area contributed by atoms with Crippen molar-refractivity contribution in [2.75, 3.05) is 6.61 Å². The molecule has 1 heterocycles. The third kappa shape index (κ3) is 3.89. The maximum Gasteiger partial charge on any atom is 0.119 e. The summed E-state index contributed by atoms with van der Waals surface area (Å²) >= 11 is 1.70. The molecule has 0 saturated carbocycles. The van der Waals surface area contributed by atoms with Crippen molar-refractivity contribution in [1.29, 1.82) is 0 Å². The largest absolute Gasteiger partial charge is 0.372 e. The van der Waals surface area contributed by atoms with Crippen LogP contribution in [0.3, 0.4) is 0 Å². The summed E-state index contributed by atoms with van der Waals surface area (Å²) in [5, 5.41) is 1.04. The molecule has 0 aliphatic rings. The zero-order chi connectivity index (χ0) is 11.5. The first-order chi connectivity index (χ1) is 6.94. The quantitative estimate of drug-likeness (QED) is 0.842. The van der Waals surface area contributed by atoms with Crippen molar-refractivity contribution in [3.05, 3.63) is 15.6 Å². The van der Waals surface area contributed by atoms with Gasteiger partial charge in [0.05, 0.1) is 18.9 Å². The molecule has 0 radical (unpaired) electrons. The molecule has 3 nitrogen and oxygen atoms in total. The molecule has 0 aromatic carbocycles. The molecule has 86 valence electrons. The van der Waals surface area contributed by atoms with Crippen molar-refractivity contribution in [3.63, 3.8) is 0 Å². The second kappa shape index (κ2) is 5.05. The lowest BCUT2D eigenvalue weighted by Crippen LogP contribution is -2.40. The smallest absolute Gasteiger partial charge is 0.119 e. The highest BCUT2D eigenvalue weighted by atomic mass is 32.1. The van der Waals surface area contributed by atoms with Gasteiger partial charge in [0.15, 0.2) is 0 Å². The first-order valence-electron chi connectivity index (χ1n) is 5.24. The topological polar surface area (TPSA) is 48.1 Å². The van der Waals surface area contributed by atoms with E-state index in [-0.39, 0.29) is 5.54 Å². The monoisotopic (exact) mass is 228 g/mol. The summed E-state index contributed by atoms with van der Waals surface area (Å²) in [4.78, 5) is 5.67. The minimum Gasteiger partial charge on any atom is -0.372 e. The van der Waals surface area contributed by atoms with Crippen LogP contribution in [-0.2, 0) is 11.3 Å². The van der Waals surface area contributed by atoms with Gasteiger partial charge >= 0.3 is 0 Å². The van der Waals surface area contributed by atoms with E-state index >= 15 is 0 Å². The van der Waals surface area contributed by atoms with E-state index in [0.717, 1.165) is 17.1 Å². The normalized spacial score (nSPS) is 15.3. The van der Waals surface area contributed by atoms with Crippen LogP contribution in [0.2, 0.25) is 0 Å². The molecule has 1 rings (SSSR count). The SMILES string of the molecule is CCC(C)(N)COCc1nc(C)c(C)s1. The van der Waals surface area contributed by atoms with Gasteiger partial charge in [-0.25, -0.2) is 4.98 Å². The lowest BCUT2D eigenvalue weighted by atomic mass is 10.0. The number of thiazole rings is 1. The molecule has 1 aromatic heterocycles. The Morgan fingerprint density at radius 3 is 2.60 bits per heavy atom. The van der Waals surface area contributed by atoms with Gasteiger partial charge < -0.3 is 10.5 Å². The van der Waals surface area contributed by atoms with Crippen molar-refractivity contribution in [3.8, 4) is 0 Å². The molecule has 1 aromatic rings. The summed E-state index contributed by atoms with van der Waals surface area (Å²) < 4.78 is 5.57. The Balaban J connectivity index is 2.38. The standard InChI is InChI=1S/C11H20N2OS/c1-5-11(4,12)7-14-6-10-13-8(2)9(3)15-10/h5-7,12H2,1-4H3. The number of ether oxygens (including phenoxy) is 1. The number of rotatable bonds is 5. The van der Waals surface area contributed by atoms with E-state index in [1.807, 2.05) is 13.8 Å². The number of aryl methyl sites for hydroxylation is 2. The Labute approximate surface area is 95.7 Å². The fourth-order valence-corrected chi connectivity index (χ4v) is 1.95. The van der Waals surface area contributed by atoms with E-state index in [0.29, 0.717) is 13.2 Å². The van der Waals surface area contributed by atoms with Gasteiger partial charge in [-0.1, -0.05) is 6.92 Å². The van der Waals surface area contributed by atoms with Gasteiger partial charge in [0.25, 0.3) is 0 Å². The number of hydrogen-bond donors (Lipinski definition) is 1. The van der Waals surface area contributed by atoms with Gasteiger partial charge in [0.2, 0.25) is 0 Å². The van der Waals surface area contributed by atoms with Crippen LogP contribution in [0.4, 0.5) is 0 Å². The van der Waals surface area contributed by atoms with Crippen LogP contribution in [0, 0.1) is 13.8 Å². The summed E-state index contributed by atoms with van der Waals surface area (Å²) in [7, 11) is 0. The van der Waals surface area contributed by atoms with E-state index in [1.54, 1.807) is 11.3 Å². The van der Waals surface area contributed by atoms with Gasteiger partial charge in [-0.05, 0) is 27.2 Å². The second-order valence-corrected chi connectivity index (χ2v) is 5.54. The summed E-state index contributed by atoms with van der Waals surface area (Å²) in [5.74, 6) is 0. The average molecular weight is 228 g/mol. The van der Waals surface area contributed by atoms with Crippen LogP contribution in [0.5, 0.6) is 0 Å². The number of aromatic nitrogens is 1. The van der Waals surface area contributed by atoms with E-state index in [4.69, 9.17) is 10.5 Å². The number of nitrogens with zero attached hydrogens (tertiary/aromatic N) is 1. The van der Waals surface area contributed by atoms with Crippen LogP contribution >= 0.6 is 11.3 Å². The van der Waals surface area contributed by atoms with Gasteiger partial charge in [-0.3, -0.25) is 0 Å². The Kier molecular flexibility index (Phi) is 4.25. The summed E-state index contributed by atoms with van der Waals surface area (Å²) in [6.07, 6.45) is 0.920. The highest BCUT2D eigenvalue weighted by Gasteiger charge is 2.15. The molecule has 0 bridgehead atoms. The van der Waals surface area contributed by atoms with Crippen LogP contribution in [-0.4, -0.2) is 17.1 Å². The van der Waals surface area contributed by atoms with Crippen LogP contribution < -0.4 is 5.73 Å². The van der Waals surface area contributed by atoms with Crippen LogP contribution in [0.1, 0.15) is 35.8 Å². The van der Waals surface area contributed by atoms with E-state index < -0.39 is 0 Å². The fraction of sp³-hybridized carbons (Fsp3) is 0.727. The molecule has 0 saturated heterocycles.